The average Bonchev–Trinajstić information content (AvgIpc) is 3.15. The summed E-state index contributed by atoms with van der Waals surface area (Å²) in [6, 6.07) is 4.49. The first-order valence-electron chi connectivity index (χ1n) is 6.26. The predicted molar refractivity (Wildman–Crippen MR) is 71.2 cm³/mol. The SMILES string of the molecule is Cc1cc(F)ccc1-n1nc(C2CC2)c(CO)c1Cl. The fraction of sp³-hybridized carbons (Fsp3) is 0.357. The van der Waals surface area contributed by atoms with Crippen LogP contribution >= 0.6 is 11.6 Å². The molecule has 0 amide bonds. The zero-order valence-corrected chi connectivity index (χ0v) is 11.3. The first-order valence-corrected chi connectivity index (χ1v) is 6.64. The summed E-state index contributed by atoms with van der Waals surface area (Å²) in [5.74, 6) is 0.121. The number of aromatic nitrogens is 2. The third kappa shape index (κ3) is 2.15. The second-order valence-electron chi connectivity index (χ2n) is 4.93. The summed E-state index contributed by atoms with van der Waals surface area (Å²) in [4.78, 5) is 0. The molecule has 0 spiro atoms. The highest BCUT2D eigenvalue weighted by Crippen LogP contribution is 2.43. The lowest BCUT2D eigenvalue weighted by Gasteiger charge is -2.07. The van der Waals surface area contributed by atoms with E-state index in [-0.39, 0.29) is 12.4 Å². The lowest BCUT2D eigenvalue weighted by atomic mass is 10.2. The van der Waals surface area contributed by atoms with Gasteiger partial charge in [-0.25, -0.2) is 9.07 Å². The van der Waals surface area contributed by atoms with E-state index in [1.165, 1.54) is 12.1 Å². The first-order chi connectivity index (χ1) is 9.11. The van der Waals surface area contributed by atoms with Crippen molar-refractivity contribution in [3.8, 4) is 5.69 Å². The molecule has 1 aliphatic carbocycles. The van der Waals surface area contributed by atoms with Crippen LogP contribution in [0.1, 0.15) is 35.6 Å². The van der Waals surface area contributed by atoms with E-state index < -0.39 is 0 Å². The predicted octanol–water partition coefficient (Wildman–Crippen LogP) is 3.34. The molecular formula is C14H14ClFN2O. The van der Waals surface area contributed by atoms with Crippen LogP contribution in [-0.4, -0.2) is 14.9 Å². The van der Waals surface area contributed by atoms with Crippen LogP contribution in [-0.2, 0) is 6.61 Å². The van der Waals surface area contributed by atoms with Crippen molar-refractivity contribution in [2.24, 2.45) is 0 Å². The fourth-order valence-corrected chi connectivity index (χ4v) is 2.58. The van der Waals surface area contributed by atoms with Crippen molar-refractivity contribution in [2.75, 3.05) is 0 Å². The smallest absolute Gasteiger partial charge is 0.138 e. The van der Waals surface area contributed by atoms with E-state index in [1.807, 2.05) is 6.92 Å². The number of rotatable bonds is 3. The minimum Gasteiger partial charge on any atom is -0.391 e. The van der Waals surface area contributed by atoms with Crippen molar-refractivity contribution in [3.05, 3.63) is 46.0 Å². The van der Waals surface area contributed by atoms with Crippen molar-refractivity contribution in [1.29, 1.82) is 0 Å². The van der Waals surface area contributed by atoms with Gasteiger partial charge in [0.25, 0.3) is 0 Å². The fourth-order valence-electron chi connectivity index (χ4n) is 2.29. The molecule has 0 atom stereocenters. The minimum atomic E-state index is -0.283. The summed E-state index contributed by atoms with van der Waals surface area (Å²) in [5.41, 5.74) is 3.06. The van der Waals surface area contributed by atoms with Crippen LogP contribution < -0.4 is 0 Å². The Labute approximate surface area is 115 Å². The highest BCUT2D eigenvalue weighted by Gasteiger charge is 2.31. The van der Waals surface area contributed by atoms with Gasteiger partial charge in [0.1, 0.15) is 11.0 Å². The summed E-state index contributed by atoms with van der Waals surface area (Å²) in [6.45, 7) is 1.69. The topological polar surface area (TPSA) is 38.0 Å². The Hall–Kier alpha value is -1.39. The lowest BCUT2D eigenvalue weighted by molar-refractivity contribution is 0.280. The number of aryl methyl sites for hydroxylation is 1. The van der Waals surface area contributed by atoms with E-state index in [2.05, 4.69) is 5.10 Å². The third-order valence-corrected chi connectivity index (χ3v) is 3.85. The third-order valence-electron chi connectivity index (χ3n) is 3.46. The molecule has 3 rings (SSSR count). The molecule has 1 saturated carbocycles. The van der Waals surface area contributed by atoms with Gasteiger partial charge in [-0.2, -0.15) is 5.10 Å². The lowest BCUT2D eigenvalue weighted by Crippen LogP contribution is -2.00. The summed E-state index contributed by atoms with van der Waals surface area (Å²) in [7, 11) is 0. The van der Waals surface area contributed by atoms with Gasteiger partial charge in [0.2, 0.25) is 0 Å². The molecule has 1 aromatic heterocycles. The van der Waals surface area contributed by atoms with Crippen molar-refractivity contribution < 1.29 is 9.50 Å². The molecule has 0 aliphatic heterocycles. The van der Waals surface area contributed by atoms with Crippen molar-refractivity contribution in [1.82, 2.24) is 9.78 Å². The van der Waals surface area contributed by atoms with Crippen LogP contribution in [0.4, 0.5) is 4.39 Å². The number of benzene rings is 1. The van der Waals surface area contributed by atoms with Crippen LogP contribution in [0.15, 0.2) is 18.2 Å². The summed E-state index contributed by atoms with van der Waals surface area (Å²) in [5, 5.41) is 14.4. The second kappa shape index (κ2) is 4.62. The quantitative estimate of drug-likeness (QED) is 0.936. The molecule has 0 unspecified atom stereocenters. The van der Waals surface area contributed by atoms with Gasteiger partial charge >= 0.3 is 0 Å². The monoisotopic (exact) mass is 280 g/mol. The second-order valence-corrected chi connectivity index (χ2v) is 5.29. The maximum atomic E-state index is 13.2. The van der Waals surface area contributed by atoms with E-state index in [0.717, 1.165) is 29.8 Å². The van der Waals surface area contributed by atoms with Crippen LogP contribution in [0.2, 0.25) is 5.15 Å². The molecule has 100 valence electrons. The summed E-state index contributed by atoms with van der Waals surface area (Å²) >= 11 is 6.29. The van der Waals surface area contributed by atoms with Crippen LogP contribution in [0.5, 0.6) is 0 Å². The van der Waals surface area contributed by atoms with Gasteiger partial charge in [-0.05, 0) is 43.5 Å². The van der Waals surface area contributed by atoms with Crippen molar-refractivity contribution in [2.45, 2.75) is 32.3 Å². The van der Waals surface area contributed by atoms with E-state index in [1.54, 1.807) is 10.7 Å². The van der Waals surface area contributed by atoms with Gasteiger partial charge in [-0.1, -0.05) is 11.6 Å². The van der Waals surface area contributed by atoms with Crippen LogP contribution in [0, 0.1) is 12.7 Å². The summed E-state index contributed by atoms with van der Waals surface area (Å²) in [6.07, 6.45) is 2.17. The summed E-state index contributed by atoms with van der Waals surface area (Å²) < 4.78 is 14.7. The number of aliphatic hydroxyl groups is 1. The highest BCUT2D eigenvalue weighted by atomic mass is 35.5. The maximum Gasteiger partial charge on any atom is 0.138 e. The van der Waals surface area contributed by atoms with E-state index in [9.17, 15) is 9.50 Å². The van der Waals surface area contributed by atoms with E-state index in [0.29, 0.717) is 16.6 Å². The van der Waals surface area contributed by atoms with Crippen molar-refractivity contribution in [3.63, 3.8) is 0 Å². The average molecular weight is 281 g/mol. The first kappa shape index (κ1) is 12.6. The highest BCUT2D eigenvalue weighted by molar-refractivity contribution is 6.30. The molecule has 1 aromatic carbocycles. The molecule has 1 N–H and O–H groups in total. The van der Waals surface area contributed by atoms with Crippen molar-refractivity contribution >= 4 is 11.6 Å². The zero-order chi connectivity index (χ0) is 13.6. The molecule has 0 saturated heterocycles. The largest absolute Gasteiger partial charge is 0.391 e. The van der Waals surface area contributed by atoms with E-state index >= 15 is 0 Å². The molecular weight excluding hydrogens is 267 g/mol. The molecule has 19 heavy (non-hydrogen) atoms. The molecule has 1 aliphatic rings. The molecule has 1 heterocycles. The number of aliphatic hydroxyl groups excluding tert-OH is 1. The van der Waals surface area contributed by atoms with Crippen LogP contribution in [0.3, 0.4) is 0 Å². The molecule has 0 bridgehead atoms. The molecule has 3 nitrogen and oxygen atoms in total. The Morgan fingerprint density at radius 3 is 2.79 bits per heavy atom. The van der Waals surface area contributed by atoms with Gasteiger partial charge in [0.05, 0.1) is 18.0 Å². The number of halogens is 2. The van der Waals surface area contributed by atoms with E-state index in [4.69, 9.17) is 11.6 Å². The Kier molecular flexibility index (Phi) is 3.07. The molecule has 5 heteroatoms. The standard InChI is InChI=1S/C14H14ClFN2O/c1-8-6-10(16)4-5-12(8)18-14(15)11(7-19)13(17-18)9-2-3-9/h4-6,9,19H,2-3,7H2,1H3. The number of hydrogen-bond donors (Lipinski definition) is 1. The minimum absolute atomic E-state index is 0.120. The molecule has 1 fully saturated rings. The van der Waals surface area contributed by atoms with Gasteiger partial charge in [0, 0.05) is 11.5 Å². The zero-order valence-electron chi connectivity index (χ0n) is 10.5. The molecule has 0 radical (unpaired) electrons. The van der Waals surface area contributed by atoms with Gasteiger partial charge in [0.15, 0.2) is 0 Å². The Bertz CT molecular complexity index is 635. The molecule has 2 aromatic rings. The van der Waals surface area contributed by atoms with Gasteiger partial charge in [-0.15, -0.1) is 0 Å². The Morgan fingerprint density at radius 2 is 2.21 bits per heavy atom. The Balaban J connectivity index is 2.14. The number of hydrogen-bond acceptors (Lipinski definition) is 2. The van der Waals surface area contributed by atoms with Gasteiger partial charge in [-0.3, -0.25) is 0 Å². The Morgan fingerprint density at radius 1 is 1.47 bits per heavy atom. The normalized spacial score (nSPS) is 14.9. The maximum absolute atomic E-state index is 13.2. The van der Waals surface area contributed by atoms with Crippen LogP contribution in [0.25, 0.3) is 5.69 Å². The van der Waals surface area contributed by atoms with Gasteiger partial charge < -0.3 is 5.11 Å². The number of nitrogens with zero attached hydrogens (tertiary/aromatic N) is 2.